The van der Waals surface area contributed by atoms with Gasteiger partial charge in [-0.05, 0) is 31.0 Å². The van der Waals surface area contributed by atoms with Crippen LogP contribution in [0, 0.1) is 0 Å². The van der Waals surface area contributed by atoms with Gasteiger partial charge in [-0.25, -0.2) is 4.79 Å². The SMILES string of the molecule is CCOc1cncc(NCCc2ccc(C(=O)O)cc2)n1. The molecule has 1 aromatic carbocycles. The van der Waals surface area contributed by atoms with Gasteiger partial charge in [-0.3, -0.25) is 4.98 Å². The normalized spacial score (nSPS) is 10.1. The van der Waals surface area contributed by atoms with Gasteiger partial charge in [0.1, 0.15) is 5.82 Å². The highest BCUT2D eigenvalue weighted by atomic mass is 16.5. The van der Waals surface area contributed by atoms with Crippen molar-refractivity contribution in [3.05, 3.63) is 47.8 Å². The summed E-state index contributed by atoms with van der Waals surface area (Å²) in [6.45, 7) is 3.12. The topological polar surface area (TPSA) is 84.3 Å². The molecule has 6 heteroatoms. The predicted molar refractivity (Wildman–Crippen MR) is 78.8 cm³/mol. The zero-order chi connectivity index (χ0) is 15.1. The number of nitrogens with zero attached hydrogens (tertiary/aromatic N) is 2. The molecule has 0 radical (unpaired) electrons. The Morgan fingerprint density at radius 3 is 2.71 bits per heavy atom. The number of aromatic carboxylic acids is 1. The number of carbonyl (C=O) groups is 1. The van der Waals surface area contributed by atoms with E-state index in [0.717, 1.165) is 12.0 Å². The van der Waals surface area contributed by atoms with Crippen LogP contribution in [0.2, 0.25) is 0 Å². The fourth-order valence-electron chi connectivity index (χ4n) is 1.80. The number of nitrogens with one attached hydrogen (secondary N) is 1. The van der Waals surface area contributed by atoms with Crippen molar-refractivity contribution in [2.24, 2.45) is 0 Å². The molecular formula is C15H17N3O3. The highest BCUT2D eigenvalue weighted by molar-refractivity contribution is 5.87. The minimum atomic E-state index is -0.914. The Bertz CT molecular complexity index is 599. The maximum atomic E-state index is 10.8. The van der Waals surface area contributed by atoms with Crippen molar-refractivity contribution < 1.29 is 14.6 Å². The summed E-state index contributed by atoms with van der Waals surface area (Å²) >= 11 is 0. The van der Waals surface area contributed by atoms with E-state index in [4.69, 9.17) is 9.84 Å². The first-order valence-electron chi connectivity index (χ1n) is 6.70. The lowest BCUT2D eigenvalue weighted by Gasteiger charge is -2.07. The maximum absolute atomic E-state index is 10.8. The third kappa shape index (κ3) is 4.45. The molecule has 0 aliphatic rings. The van der Waals surface area contributed by atoms with Gasteiger partial charge in [0.05, 0.1) is 24.6 Å². The summed E-state index contributed by atoms with van der Waals surface area (Å²) in [7, 11) is 0. The number of aromatic nitrogens is 2. The Morgan fingerprint density at radius 1 is 1.29 bits per heavy atom. The second kappa shape index (κ2) is 7.23. The number of hydrogen-bond donors (Lipinski definition) is 2. The van der Waals surface area contributed by atoms with Crippen LogP contribution >= 0.6 is 0 Å². The standard InChI is InChI=1S/C15H17N3O3/c1-2-21-14-10-16-9-13(18-14)17-8-7-11-3-5-12(6-4-11)15(19)20/h3-6,9-10H,2,7-8H2,1H3,(H,17,18)(H,19,20). The van der Waals surface area contributed by atoms with Crippen LogP contribution in [0.4, 0.5) is 5.82 Å². The summed E-state index contributed by atoms with van der Waals surface area (Å²) in [6, 6.07) is 6.83. The van der Waals surface area contributed by atoms with Crippen molar-refractivity contribution in [2.45, 2.75) is 13.3 Å². The molecular weight excluding hydrogens is 270 g/mol. The molecule has 0 amide bonds. The molecule has 1 heterocycles. The van der Waals surface area contributed by atoms with Gasteiger partial charge in [-0.15, -0.1) is 0 Å². The summed E-state index contributed by atoms with van der Waals surface area (Å²) in [5.41, 5.74) is 1.35. The number of carboxylic acid groups (broad SMARTS) is 1. The molecule has 0 spiro atoms. The predicted octanol–water partition coefficient (Wildman–Crippen LogP) is 2.23. The van der Waals surface area contributed by atoms with Gasteiger partial charge in [-0.2, -0.15) is 4.98 Å². The molecule has 21 heavy (non-hydrogen) atoms. The van der Waals surface area contributed by atoms with Crippen molar-refractivity contribution >= 4 is 11.8 Å². The quantitative estimate of drug-likeness (QED) is 0.812. The van der Waals surface area contributed by atoms with E-state index in [1.807, 2.05) is 19.1 Å². The number of carboxylic acids is 1. The van der Waals surface area contributed by atoms with E-state index in [1.54, 1.807) is 24.5 Å². The largest absolute Gasteiger partial charge is 0.478 e. The molecule has 0 atom stereocenters. The Kier molecular flexibility index (Phi) is 5.09. The van der Waals surface area contributed by atoms with Gasteiger partial charge in [0.2, 0.25) is 5.88 Å². The van der Waals surface area contributed by atoms with Crippen molar-refractivity contribution in [2.75, 3.05) is 18.5 Å². The Balaban J connectivity index is 1.86. The van der Waals surface area contributed by atoms with Gasteiger partial charge >= 0.3 is 5.97 Å². The van der Waals surface area contributed by atoms with Crippen LogP contribution in [0.5, 0.6) is 5.88 Å². The lowest BCUT2D eigenvalue weighted by Crippen LogP contribution is -2.07. The van der Waals surface area contributed by atoms with Gasteiger partial charge in [0.15, 0.2) is 0 Å². The molecule has 2 N–H and O–H groups in total. The zero-order valence-electron chi connectivity index (χ0n) is 11.7. The highest BCUT2D eigenvalue weighted by Gasteiger charge is 2.02. The lowest BCUT2D eigenvalue weighted by molar-refractivity contribution is 0.0697. The number of rotatable bonds is 7. The van der Waals surface area contributed by atoms with Crippen LogP contribution in [-0.2, 0) is 6.42 Å². The number of ether oxygens (including phenoxy) is 1. The molecule has 0 fully saturated rings. The first-order valence-corrected chi connectivity index (χ1v) is 6.70. The smallest absolute Gasteiger partial charge is 0.335 e. The Hall–Kier alpha value is -2.63. The monoisotopic (exact) mass is 287 g/mol. The molecule has 0 saturated heterocycles. The first kappa shape index (κ1) is 14.8. The van der Waals surface area contributed by atoms with Crippen LogP contribution in [0.15, 0.2) is 36.7 Å². The molecule has 0 bridgehead atoms. The van der Waals surface area contributed by atoms with Crippen molar-refractivity contribution in [1.82, 2.24) is 9.97 Å². The molecule has 1 aromatic heterocycles. The first-order chi connectivity index (χ1) is 10.2. The van der Waals surface area contributed by atoms with E-state index in [9.17, 15) is 4.79 Å². The van der Waals surface area contributed by atoms with Gasteiger partial charge in [0.25, 0.3) is 0 Å². The summed E-state index contributed by atoms with van der Waals surface area (Å²) in [5, 5.41) is 12.0. The van der Waals surface area contributed by atoms with E-state index in [0.29, 0.717) is 30.4 Å². The fraction of sp³-hybridized carbons (Fsp3) is 0.267. The van der Waals surface area contributed by atoms with Crippen molar-refractivity contribution in [3.63, 3.8) is 0 Å². The average Bonchev–Trinajstić information content (AvgIpc) is 2.48. The highest BCUT2D eigenvalue weighted by Crippen LogP contribution is 2.10. The van der Waals surface area contributed by atoms with Crippen LogP contribution in [0.1, 0.15) is 22.8 Å². The second-order valence-corrected chi connectivity index (χ2v) is 4.35. The maximum Gasteiger partial charge on any atom is 0.335 e. The van der Waals surface area contributed by atoms with Crippen molar-refractivity contribution in [1.29, 1.82) is 0 Å². The molecule has 2 aromatic rings. The summed E-state index contributed by atoms with van der Waals surface area (Å²) < 4.78 is 5.28. The average molecular weight is 287 g/mol. The fourth-order valence-corrected chi connectivity index (χ4v) is 1.80. The summed E-state index contributed by atoms with van der Waals surface area (Å²) in [4.78, 5) is 19.1. The number of anilines is 1. The third-order valence-electron chi connectivity index (χ3n) is 2.83. The van der Waals surface area contributed by atoms with Crippen LogP contribution in [0.25, 0.3) is 0 Å². The van der Waals surface area contributed by atoms with Gasteiger partial charge in [0, 0.05) is 6.54 Å². The molecule has 0 unspecified atom stereocenters. The van der Waals surface area contributed by atoms with Crippen LogP contribution in [0.3, 0.4) is 0 Å². The minimum Gasteiger partial charge on any atom is -0.478 e. The molecule has 2 rings (SSSR count). The van der Waals surface area contributed by atoms with Gasteiger partial charge in [-0.1, -0.05) is 12.1 Å². The van der Waals surface area contributed by atoms with Crippen molar-refractivity contribution in [3.8, 4) is 5.88 Å². The lowest BCUT2D eigenvalue weighted by atomic mass is 10.1. The van der Waals surface area contributed by atoms with E-state index < -0.39 is 5.97 Å². The van der Waals surface area contributed by atoms with E-state index in [1.165, 1.54) is 0 Å². The Morgan fingerprint density at radius 2 is 2.05 bits per heavy atom. The minimum absolute atomic E-state index is 0.294. The molecule has 0 saturated carbocycles. The summed E-state index contributed by atoms with van der Waals surface area (Å²) in [6.07, 6.45) is 3.97. The molecule has 110 valence electrons. The van der Waals surface area contributed by atoms with E-state index in [-0.39, 0.29) is 0 Å². The summed E-state index contributed by atoms with van der Waals surface area (Å²) in [5.74, 6) is 0.235. The Labute approximate surface area is 122 Å². The molecule has 0 aliphatic heterocycles. The zero-order valence-corrected chi connectivity index (χ0v) is 11.7. The van der Waals surface area contributed by atoms with Crippen LogP contribution < -0.4 is 10.1 Å². The van der Waals surface area contributed by atoms with Crippen LogP contribution in [-0.4, -0.2) is 34.2 Å². The molecule has 6 nitrogen and oxygen atoms in total. The number of benzene rings is 1. The second-order valence-electron chi connectivity index (χ2n) is 4.35. The third-order valence-corrected chi connectivity index (χ3v) is 2.83. The van der Waals surface area contributed by atoms with E-state index >= 15 is 0 Å². The van der Waals surface area contributed by atoms with Gasteiger partial charge < -0.3 is 15.2 Å². The number of hydrogen-bond acceptors (Lipinski definition) is 5. The molecule has 0 aliphatic carbocycles. The van der Waals surface area contributed by atoms with E-state index in [2.05, 4.69) is 15.3 Å².